The van der Waals surface area contributed by atoms with Crippen molar-refractivity contribution in [1.82, 2.24) is 19.7 Å². The van der Waals surface area contributed by atoms with Gasteiger partial charge in [0.05, 0.1) is 23.6 Å². The van der Waals surface area contributed by atoms with Crippen molar-refractivity contribution in [3.05, 3.63) is 107 Å². The third-order valence-electron chi connectivity index (χ3n) is 5.94. The summed E-state index contributed by atoms with van der Waals surface area (Å²) in [6, 6.07) is 25.1. The number of amides is 1. The summed E-state index contributed by atoms with van der Waals surface area (Å²) in [5.41, 5.74) is 3.89. The number of fused-ring (bicyclic) bond motifs is 2. The molecule has 0 spiro atoms. The van der Waals surface area contributed by atoms with E-state index >= 15 is 0 Å². The van der Waals surface area contributed by atoms with Crippen LogP contribution in [0.3, 0.4) is 0 Å². The second-order valence-electron chi connectivity index (χ2n) is 8.47. The molecule has 0 fully saturated rings. The summed E-state index contributed by atoms with van der Waals surface area (Å²) in [5.74, 6) is -0.0796. The van der Waals surface area contributed by atoms with Gasteiger partial charge in [0.25, 0.3) is 11.5 Å². The minimum Gasteiger partial charge on any atom is -0.345 e. The molecule has 0 bridgehead atoms. The number of nitrogens with zero attached hydrogens (tertiary/aromatic N) is 4. The first kappa shape index (κ1) is 21.5. The van der Waals surface area contributed by atoms with E-state index in [1.165, 1.54) is 4.68 Å². The summed E-state index contributed by atoms with van der Waals surface area (Å²) in [6.07, 6.45) is 2.32. The molecule has 3 aromatic carbocycles. The van der Waals surface area contributed by atoms with Crippen molar-refractivity contribution < 1.29 is 4.79 Å². The van der Waals surface area contributed by atoms with Crippen molar-refractivity contribution >= 4 is 27.6 Å². The van der Waals surface area contributed by atoms with Gasteiger partial charge in [-0.2, -0.15) is 5.10 Å². The topological polar surface area (TPSA) is 68.1 Å². The molecule has 5 aromatic rings. The summed E-state index contributed by atoms with van der Waals surface area (Å²) in [4.78, 5) is 32.2. The number of aryl methyl sites for hydroxylation is 2. The Hall–Kier alpha value is -4.32. The number of carbonyl (C=O) groups is 1. The van der Waals surface area contributed by atoms with Crippen LogP contribution in [0.4, 0.5) is 0 Å². The fraction of sp³-hybridized carbons (Fsp3) is 0.143. The minimum atomic E-state index is -0.154. The molecule has 0 saturated carbocycles. The van der Waals surface area contributed by atoms with Crippen LogP contribution in [0.2, 0.25) is 0 Å². The van der Waals surface area contributed by atoms with Gasteiger partial charge in [-0.3, -0.25) is 14.6 Å². The number of benzene rings is 3. The zero-order valence-electron chi connectivity index (χ0n) is 19.1. The Morgan fingerprint density at radius 2 is 1.71 bits per heavy atom. The number of pyridine rings is 1. The molecule has 0 saturated heterocycles. The molecule has 6 nitrogen and oxygen atoms in total. The lowest BCUT2D eigenvalue weighted by Crippen LogP contribution is -2.24. The van der Waals surface area contributed by atoms with Crippen LogP contribution in [0, 0.1) is 0 Å². The van der Waals surface area contributed by atoms with Crippen LogP contribution in [0.15, 0.2) is 89.9 Å². The maximum Gasteiger partial charge on any atom is 0.275 e. The lowest BCUT2D eigenvalue weighted by atomic mass is 9.98. The van der Waals surface area contributed by atoms with E-state index in [0.29, 0.717) is 23.9 Å². The van der Waals surface area contributed by atoms with Crippen LogP contribution in [0.25, 0.3) is 32.8 Å². The highest BCUT2D eigenvalue weighted by molar-refractivity contribution is 5.99. The fourth-order valence-corrected chi connectivity index (χ4v) is 4.18. The minimum absolute atomic E-state index is 0.0796. The monoisotopic (exact) mass is 448 g/mol. The third kappa shape index (κ3) is 4.06. The maximum atomic E-state index is 13.5. The highest BCUT2D eigenvalue weighted by Gasteiger charge is 2.14. The van der Waals surface area contributed by atoms with E-state index in [-0.39, 0.29) is 11.5 Å². The molecule has 0 N–H and O–H groups in total. The normalized spacial score (nSPS) is 11.1. The van der Waals surface area contributed by atoms with Crippen LogP contribution in [0.5, 0.6) is 0 Å². The standard InChI is InChI=1S/C28H24N4O2/c1-31(2)27(33)21-9-5-8-20(17-21)24-11-6-10-22-18-29-32(28(34)26(22)24)16-15-23-14-13-19-7-3-4-12-25(19)30-23/h3-14,17-18H,15-16H2,1-2H3. The molecule has 34 heavy (non-hydrogen) atoms. The molecular weight excluding hydrogens is 424 g/mol. The zero-order valence-corrected chi connectivity index (χ0v) is 19.1. The summed E-state index contributed by atoms with van der Waals surface area (Å²) < 4.78 is 1.50. The smallest absolute Gasteiger partial charge is 0.275 e. The van der Waals surface area contributed by atoms with Crippen LogP contribution < -0.4 is 5.56 Å². The molecule has 5 rings (SSSR count). The van der Waals surface area contributed by atoms with Crippen LogP contribution in [-0.4, -0.2) is 39.7 Å². The van der Waals surface area contributed by atoms with Gasteiger partial charge >= 0.3 is 0 Å². The molecule has 0 aliphatic rings. The average Bonchev–Trinajstić information content (AvgIpc) is 2.87. The maximum absolute atomic E-state index is 13.5. The molecule has 0 radical (unpaired) electrons. The third-order valence-corrected chi connectivity index (χ3v) is 5.94. The van der Waals surface area contributed by atoms with E-state index in [4.69, 9.17) is 4.98 Å². The Labute approximate surface area is 197 Å². The van der Waals surface area contributed by atoms with Crippen molar-refractivity contribution in [2.24, 2.45) is 0 Å². The van der Waals surface area contributed by atoms with Crippen LogP contribution >= 0.6 is 0 Å². The Bertz CT molecular complexity index is 1590. The first-order valence-corrected chi connectivity index (χ1v) is 11.2. The van der Waals surface area contributed by atoms with Gasteiger partial charge in [0, 0.05) is 42.5 Å². The highest BCUT2D eigenvalue weighted by Crippen LogP contribution is 2.27. The van der Waals surface area contributed by atoms with Crippen molar-refractivity contribution in [3.63, 3.8) is 0 Å². The van der Waals surface area contributed by atoms with Gasteiger partial charge in [-0.25, -0.2) is 4.68 Å². The van der Waals surface area contributed by atoms with Gasteiger partial charge in [-0.15, -0.1) is 0 Å². The van der Waals surface area contributed by atoms with E-state index in [9.17, 15) is 9.59 Å². The molecule has 0 atom stereocenters. The quantitative estimate of drug-likeness (QED) is 0.395. The zero-order chi connectivity index (χ0) is 23.7. The van der Waals surface area contributed by atoms with Gasteiger partial charge in [-0.05, 0) is 35.4 Å². The molecule has 2 heterocycles. The SMILES string of the molecule is CN(C)C(=O)c1cccc(-c2cccc3cnn(CCc4ccc5ccccc5n4)c(=O)c23)c1. The Kier molecular flexibility index (Phi) is 5.64. The number of hydrogen-bond donors (Lipinski definition) is 0. The number of carbonyl (C=O) groups excluding carboxylic acids is 1. The second kappa shape index (κ2) is 8.90. The van der Waals surface area contributed by atoms with Gasteiger partial charge < -0.3 is 4.90 Å². The number of para-hydroxylation sites is 1. The second-order valence-corrected chi connectivity index (χ2v) is 8.47. The van der Waals surface area contributed by atoms with E-state index in [1.54, 1.807) is 31.3 Å². The highest BCUT2D eigenvalue weighted by atomic mass is 16.2. The molecule has 6 heteroatoms. The average molecular weight is 449 g/mol. The molecule has 2 aromatic heterocycles. The molecular formula is C28H24N4O2. The molecule has 1 amide bonds. The van der Waals surface area contributed by atoms with Crippen LogP contribution in [-0.2, 0) is 13.0 Å². The largest absolute Gasteiger partial charge is 0.345 e. The summed E-state index contributed by atoms with van der Waals surface area (Å²) >= 11 is 0. The van der Waals surface area contributed by atoms with E-state index in [2.05, 4.69) is 5.10 Å². The summed E-state index contributed by atoms with van der Waals surface area (Å²) in [5, 5.41) is 6.86. The molecule has 168 valence electrons. The summed E-state index contributed by atoms with van der Waals surface area (Å²) in [6.45, 7) is 0.424. The predicted molar refractivity (Wildman–Crippen MR) is 135 cm³/mol. The fourth-order valence-electron chi connectivity index (χ4n) is 4.18. The van der Waals surface area contributed by atoms with E-state index in [0.717, 1.165) is 33.1 Å². The van der Waals surface area contributed by atoms with Gasteiger partial charge in [0.2, 0.25) is 0 Å². The molecule has 0 unspecified atom stereocenters. The number of aromatic nitrogens is 3. The Morgan fingerprint density at radius 1 is 0.912 bits per heavy atom. The molecule has 0 aliphatic carbocycles. The first-order valence-electron chi connectivity index (χ1n) is 11.2. The lowest BCUT2D eigenvalue weighted by Gasteiger charge is -2.13. The first-order chi connectivity index (χ1) is 16.5. The van der Waals surface area contributed by atoms with Gasteiger partial charge in [-0.1, -0.05) is 54.6 Å². The van der Waals surface area contributed by atoms with E-state index in [1.807, 2.05) is 72.8 Å². The van der Waals surface area contributed by atoms with Crippen molar-refractivity contribution in [2.75, 3.05) is 14.1 Å². The van der Waals surface area contributed by atoms with E-state index < -0.39 is 0 Å². The van der Waals surface area contributed by atoms with Crippen molar-refractivity contribution in [2.45, 2.75) is 13.0 Å². The van der Waals surface area contributed by atoms with Crippen LogP contribution in [0.1, 0.15) is 16.1 Å². The number of hydrogen-bond acceptors (Lipinski definition) is 4. The van der Waals surface area contributed by atoms with Gasteiger partial charge in [0.1, 0.15) is 0 Å². The van der Waals surface area contributed by atoms with Crippen molar-refractivity contribution in [1.29, 1.82) is 0 Å². The molecule has 0 aliphatic heterocycles. The van der Waals surface area contributed by atoms with Crippen molar-refractivity contribution in [3.8, 4) is 11.1 Å². The summed E-state index contributed by atoms with van der Waals surface area (Å²) in [7, 11) is 3.45. The Balaban J connectivity index is 1.51. The lowest BCUT2D eigenvalue weighted by molar-refractivity contribution is 0.0827. The Morgan fingerprint density at radius 3 is 2.56 bits per heavy atom. The predicted octanol–water partition coefficient (Wildman–Crippen LogP) is 4.56. The number of rotatable bonds is 5. The van der Waals surface area contributed by atoms with Gasteiger partial charge in [0.15, 0.2) is 0 Å².